The number of rotatable bonds is 6. The lowest BCUT2D eigenvalue weighted by atomic mass is 9.96. The number of hydrogen-bond acceptors (Lipinski definition) is 6. The highest BCUT2D eigenvalue weighted by molar-refractivity contribution is 8.01. The van der Waals surface area contributed by atoms with Crippen LogP contribution in [0.25, 0.3) is 0 Å². The molecule has 2 rings (SSSR count). The predicted molar refractivity (Wildman–Crippen MR) is 93.7 cm³/mol. The van der Waals surface area contributed by atoms with Gasteiger partial charge >= 0.3 is 0 Å². The fourth-order valence-electron chi connectivity index (χ4n) is 2.72. The normalized spacial score (nSPS) is 23.6. The summed E-state index contributed by atoms with van der Waals surface area (Å²) in [7, 11) is 4.05. The number of nitrogens with zero attached hydrogens (tertiary/aromatic N) is 3. The van der Waals surface area contributed by atoms with Crippen LogP contribution in [-0.4, -0.2) is 42.1 Å². The Morgan fingerprint density at radius 1 is 1.19 bits per heavy atom. The van der Waals surface area contributed by atoms with Crippen molar-refractivity contribution in [2.75, 3.05) is 25.5 Å². The fourth-order valence-corrected chi connectivity index (χ4v) is 5.03. The Bertz CT molecular complexity index is 406. The molecule has 0 bridgehead atoms. The molecule has 1 saturated carbocycles. The highest BCUT2D eigenvalue weighted by atomic mass is 32.2. The van der Waals surface area contributed by atoms with Crippen molar-refractivity contribution in [2.45, 2.75) is 67.5 Å². The summed E-state index contributed by atoms with van der Waals surface area (Å²) >= 11 is 3.65. The van der Waals surface area contributed by atoms with Crippen molar-refractivity contribution in [3.8, 4) is 0 Å². The zero-order valence-corrected chi connectivity index (χ0v) is 15.1. The Kier molecular flexibility index (Phi) is 7.26. The van der Waals surface area contributed by atoms with E-state index in [1.54, 1.807) is 11.3 Å². The molecule has 0 amide bonds. The van der Waals surface area contributed by atoms with Crippen molar-refractivity contribution in [2.24, 2.45) is 0 Å². The van der Waals surface area contributed by atoms with E-state index in [2.05, 4.69) is 22.4 Å². The van der Waals surface area contributed by atoms with Crippen LogP contribution in [0.2, 0.25) is 0 Å². The van der Waals surface area contributed by atoms with Crippen molar-refractivity contribution in [1.29, 1.82) is 0 Å². The molecule has 4 nitrogen and oxygen atoms in total. The third-order valence-corrected chi connectivity index (χ3v) is 6.46. The van der Waals surface area contributed by atoms with Gasteiger partial charge in [0.2, 0.25) is 5.13 Å². The number of thioether (sulfide) groups is 1. The highest BCUT2D eigenvalue weighted by Gasteiger charge is 2.24. The summed E-state index contributed by atoms with van der Waals surface area (Å²) in [5, 5.41) is 14.0. The molecule has 1 aliphatic rings. The molecule has 1 fully saturated rings. The van der Waals surface area contributed by atoms with Crippen molar-refractivity contribution in [1.82, 2.24) is 15.5 Å². The maximum Gasteiger partial charge on any atom is 0.208 e. The molecule has 120 valence electrons. The second kappa shape index (κ2) is 8.96. The molecule has 6 heteroatoms. The maximum atomic E-state index is 4.36. The van der Waals surface area contributed by atoms with E-state index in [0.29, 0.717) is 11.3 Å². The van der Waals surface area contributed by atoms with Gasteiger partial charge in [0, 0.05) is 25.4 Å². The summed E-state index contributed by atoms with van der Waals surface area (Å²) in [6.07, 6.45) is 9.29. The minimum atomic E-state index is 0.627. The minimum absolute atomic E-state index is 0.627. The van der Waals surface area contributed by atoms with E-state index in [1.165, 1.54) is 44.9 Å². The molecule has 0 saturated heterocycles. The van der Waals surface area contributed by atoms with Crippen molar-refractivity contribution in [3.63, 3.8) is 0 Å². The number of hydrogen-bond donors (Lipinski definition) is 1. The topological polar surface area (TPSA) is 41.1 Å². The first-order valence-corrected chi connectivity index (χ1v) is 9.81. The van der Waals surface area contributed by atoms with Gasteiger partial charge in [-0.3, -0.25) is 0 Å². The molecule has 0 aromatic carbocycles. The predicted octanol–water partition coefficient (Wildman–Crippen LogP) is 3.79. The van der Waals surface area contributed by atoms with Crippen LogP contribution in [0.15, 0.2) is 4.34 Å². The molecule has 1 aromatic heterocycles. The molecule has 0 aliphatic heterocycles. The number of nitrogens with one attached hydrogen (secondary N) is 1. The van der Waals surface area contributed by atoms with E-state index in [-0.39, 0.29) is 0 Å². The Morgan fingerprint density at radius 3 is 2.62 bits per heavy atom. The van der Waals surface area contributed by atoms with Gasteiger partial charge in [0.15, 0.2) is 4.34 Å². The van der Waals surface area contributed by atoms with Crippen LogP contribution in [0.3, 0.4) is 0 Å². The average molecular weight is 329 g/mol. The first kappa shape index (κ1) is 17.0. The van der Waals surface area contributed by atoms with Crippen molar-refractivity contribution in [3.05, 3.63) is 0 Å². The first-order valence-electron chi connectivity index (χ1n) is 8.11. The van der Waals surface area contributed by atoms with Crippen LogP contribution in [0.5, 0.6) is 0 Å². The van der Waals surface area contributed by atoms with Crippen LogP contribution in [0.1, 0.15) is 51.9 Å². The Morgan fingerprint density at radius 2 is 1.95 bits per heavy atom. The van der Waals surface area contributed by atoms with Crippen molar-refractivity contribution < 1.29 is 0 Å². The molecule has 2 unspecified atom stereocenters. The summed E-state index contributed by atoms with van der Waals surface area (Å²) in [5.41, 5.74) is 0. The maximum absolute atomic E-state index is 4.36. The monoisotopic (exact) mass is 328 g/mol. The Labute approximate surface area is 137 Å². The van der Waals surface area contributed by atoms with Gasteiger partial charge < -0.3 is 10.2 Å². The Hall–Kier alpha value is -0.330. The first-order chi connectivity index (χ1) is 10.2. The van der Waals surface area contributed by atoms with Gasteiger partial charge in [-0.15, -0.1) is 10.2 Å². The minimum Gasteiger partial charge on any atom is -0.353 e. The molecule has 1 aromatic rings. The van der Waals surface area contributed by atoms with Crippen molar-refractivity contribution >= 4 is 28.2 Å². The molecule has 1 heterocycles. The molecular formula is C15H28N4S2. The highest BCUT2D eigenvalue weighted by Crippen LogP contribution is 2.35. The van der Waals surface area contributed by atoms with Gasteiger partial charge in [-0.25, -0.2) is 0 Å². The van der Waals surface area contributed by atoms with Gasteiger partial charge in [-0.1, -0.05) is 55.7 Å². The molecule has 1 N–H and O–H groups in total. The molecule has 0 spiro atoms. The van der Waals surface area contributed by atoms with Crippen LogP contribution < -0.4 is 10.2 Å². The summed E-state index contributed by atoms with van der Waals surface area (Å²) in [5.74, 6) is 0. The van der Waals surface area contributed by atoms with Crippen LogP contribution in [-0.2, 0) is 0 Å². The van der Waals surface area contributed by atoms with E-state index in [9.17, 15) is 0 Å². The van der Waals surface area contributed by atoms with Gasteiger partial charge in [0.25, 0.3) is 0 Å². The second-order valence-electron chi connectivity index (χ2n) is 5.95. The van der Waals surface area contributed by atoms with Gasteiger partial charge in [0.05, 0.1) is 0 Å². The molecular weight excluding hydrogens is 300 g/mol. The number of anilines is 1. The summed E-state index contributed by atoms with van der Waals surface area (Å²) in [4.78, 5) is 2.03. The fraction of sp³-hybridized carbons (Fsp3) is 0.867. The standard InChI is InChI=1S/C15H28N4S2/c1-4-11-16-12-9-7-5-6-8-10-13(12)20-15-18-17-14(21-15)19(2)3/h12-13,16H,4-11H2,1-3H3. The van der Waals surface area contributed by atoms with E-state index in [0.717, 1.165) is 16.0 Å². The average Bonchev–Trinajstić information content (AvgIpc) is 2.90. The molecule has 1 aliphatic carbocycles. The SMILES string of the molecule is CCCNC1CCCCCCC1Sc1nnc(N(C)C)s1. The van der Waals surface area contributed by atoms with Gasteiger partial charge in [0.1, 0.15) is 0 Å². The summed E-state index contributed by atoms with van der Waals surface area (Å²) in [6, 6.07) is 0.627. The van der Waals surface area contributed by atoms with Gasteiger partial charge in [-0.05, 0) is 25.8 Å². The quantitative estimate of drug-likeness (QED) is 0.860. The zero-order chi connectivity index (χ0) is 15.1. The van der Waals surface area contributed by atoms with E-state index >= 15 is 0 Å². The lowest BCUT2D eigenvalue weighted by molar-refractivity contribution is 0.400. The lowest BCUT2D eigenvalue weighted by Crippen LogP contribution is -2.39. The van der Waals surface area contributed by atoms with E-state index in [4.69, 9.17) is 0 Å². The summed E-state index contributed by atoms with van der Waals surface area (Å²) < 4.78 is 1.12. The van der Waals surface area contributed by atoms with Gasteiger partial charge in [-0.2, -0.15) is 0 Å². The Balaban J connectivity index is 1.99. The van der Waals surface area contributed by atoms with Crippen LogP contribution >= 0.6 is 23.1 Å². The van der Waals surface area contributed by atoms with Crippen LogP contribution in [0.4, 0.5) is 5.13 Å². The van der Waals surface area contributed by atoms with E-state index in [1.807, 2.05) is 30.8 Å². The van der Waals surface area contributed by atoms with Crippen LogP contribution in [0, 0.1) is 0 Å². The smallest absolute Gasteiger partial charge is 0.208 e. The third-order valence-electron chi connectivity index (χ3n) is 3.89. The summed E-state index contributed by atoms with van der Waals surface area (Å²) in [6.45, 7) is 3.37. The zero-order valence-electron chi connectivity index (χ0n) is 13.5. The largest absolute Gasteiger partial charge is 0.353 e. The lowest BCUT2D eigenvalue weighted by Gasteiger charge is -2.29. The number of aromatic nitrogens is 2. The third kappa shape index (κ3) is 5.42. The molecule has 0 radical (unpaired) electrons. The molecule has 21 heavy (non-hydrogen) atoms. The molecule has 2 atom stereocenters. The second-order valence-corrected chi connectivity index (χ2v) is 8.40. The van der Waals surface area contributed by atoms with E-state index < -0.39 is 0 Å².